The van der Waals surface area contributed by atoms with E-state index in [0.29, 0.717) is 54.5 Å². The Labute approximate surface area is 209 Å². The van der Waals surface area contributed by atoms with Crippen molar-refractivity contribution in [2.24, 2.45) is 0 Å². The maximum Gasteiger partial charge on any atom is 0.257 e. The third-order valence-electron chi connectivity index (χ3n) is 6.32. The van der Waals surface area contributed by atoms with Gasteiger partial charge in [-0.25, -0.2) is 14.1 Å². The topological polar surface area (TPSA) is 78.1 Å². The van der Waals surface area contributed by atoms with E-state index in [9.17, 15) is 14.4 Å². The summed E-state index contributed by atoms with van der Waals surface area (Å²) < 4.78 is 15.1. The van der Waals surface area contributed by atoms with Crippen LogP contribution in [0, 0.1) is 24.1 Å². The van der Waals surface area contributed by atoms with E-state index in [-0.39, 0.29) is 11.7 Å². The van der Waals surface area contributed by atoms with E-state index < -0.39 is 0 Å². The van der Waals surface area contributed by atoms with Gasteiger partial charge in [0.15, 0.2) is 0 Å². The van der Waals surface area contributed by atoms with Gasteiger partial charge in [0.2, 0.25) is 0 Å². The van der Waals surface area contributed by atoms with Crippen molar-refractivity contribution in [3.63, 3.8) is 0 Å². The Balaban J connectivity index is 1.46. The number of carbonyl (C=O) groups is 1. The van der Waals surface area contributed by atoms with Crippen LogP contribution in [0.15, 0.2) is 73.1 Å². The number of aryl methyl sites for hydroxylation is 1. The highest BCUT2D eigenvalue weighted by Gasteiger charge is 2.26. The van der Waals surface area contributed by atoms with Gasteiger partial charge in [-0.15, -0.1) is 0 Å². The Morgan fingerprint density at radius 3 is 2.64 bits per heavy atom. The molecule has 2 aromatic carbocycles. The molecule has 1 amide bonds. The molecule has 1 fully saturated rings. The van der Waals surface area contributed by atoms with Gasteiger partial charge in [-0.2, -0.15) is 10.4 Å². The van der Waals surface area contributed by atoms with Crippen molar-refractivity contribution in [3.05, 3.63) is 95.6 Å². The summed E-state index contributed by atoms with van der Waals surface area (Å²) in [5.41, 5.74) is 4.20. The van der Waals surface area contributed by atoms with Gasteiger partial charge < -0.3 is 9.80 Å². The van der Waals surface area contributed by atoms with E-state index in [1.54, 1.807) is 41.3 Å². The van der Waals surface area contributed by atoms with Crippen molar-refractivity contribution >= 4 is 11.7 Å². The average molecular weight is 481 g/mol. The molecular formula is C28H25FN6O. The molecule has 180 valence electrons. The molecule has 2 aromatic heterocycles. The van der Waals surface area contributed by atoms with E-state index in [2.05, 4.69) is 16.0 Å². The van der Waals surface area contributed by atoms with E-state index in [4.69, 9.17) is 5.10 Å². The molecule has 1 aliphatic heterocycles. The maximum absolute atomic E-state index is 13.8. The summed E-state index contributed by atoms with van der Waals surface area (Å²) in [7, 11) is 0. The second-order valence-electron chi connectivity index (χ2n) is 8.80. The van der Waals surface area contributed by atoms with Crippen molar-refractivity contribution in [1.82, 2.24) is 19.7 Å². The van der Waals surface area contributed by atoms with Crippen LogP contribution in [0.3, 0.4) is 0 Å². The summed E-state index contributed by atoms with van der Waals surface area (Å²) in [5, 5.41) is 14.2. The highest BCUT2D eigenvalue weighted by Crippen LogP contribution is 2.27. The number of aromatic nitrogens is 3. The van der Waals surface area contributed by atoms with Crippen molar-refractivity contribution in [2.75, 3.05) is 31.1 Å². The standard InChI is InChI=1S/C28H25FN6O/c1-20-5-2-6-21(17-20)26-25(19-35(32-26)24-10-8-23(29)9-11-24)28(36)34-14-4-13-33(15-16-34)27-22(18-30)7-3-12-31-27/h2-3,5-12,17,19H,4,13-16H2,1H3. The second-order valence-corrected chi connectivity index (χ2v) is 8.80. The monoisotopic (exact) mass is 480 g/mol. The molecule has 0 spiro atoms. The summed E-state index contributed by atoms with van der Waals surface area (Å²) in [5.74, 6) is 0.213. The first kappa shape index (κ1) is 23.2. The summed E-state index contributed by atoms with van der Waals surface area (Å²) in [4.78, 5) is 22.1. The molecule has 5 rings (SSSR count). The van der Waals surface area contributed by atoms with E-state index in [1.807, 2.05) is 36.1 Å². The number of rotatable bonds is 4. The first-order chi connectivity index (χ1) is 17.5. The number of halogens is 1. The summed E-state index contributed by atoms with van der Waals surface area (Å²) in [6.07, 6.45) is 4.16. The molecule has 4 aromatic rings. The highest BCUT2D eigenvalue weighted by atomic mass is 19.1. The number of anilines is 1. The minimum Gasteiger partial charge on any atom is -0.354 e. The SMILES string of the molecule is Cc1cccc(-c2nn(-c3ccc(F)cc3)cc2C(=O)N2CCCN(c3ncccc3C#N)CC2)c1. The Hall–Kier alpha value is -4.51. The quantitative estimate of drug-likeness (QED) is 0.426. The number of hydrogen-bond donors (Lipinski definition) is 0. The lowest BCUT2D eigenvalue weighted by atomic mass is 10.0. The fourth-order valence-corrected chi connectivity index (χ4v) is 4.50. The normalized spacial score (nSPS) is 13.8. The summed E-state index contributed by atoms with van der Waals surface area (Å²) in [6, 6.07) is 19.6. The van der Waals surface area contributed by atoms with Gasteiger partial charge in [0.05, 0.1) is 16.8 Å². The van der Waals surface area contributed by atoms with E-state index in [0.717, 1.165) is 17.5 Å². The fraction of sp³-hybridized carbons (Fsp3) is 0.214. The second kappa shape index (κ2) is 10.0. The van der Waals surface area contributed by atoms with Crippen molar-refractivity contribution in [3.8, 4) is 23.0 Å². The molecule has 0 bridgehead atoms. The van der Waals surface area contributed by atoms with E-state index in [1.165, 1.54) is 12.1 Å². The van der Waals surface area contributed by atoms with Crippen LogP contribution in [0.25, 0.3) is 16.9 Å². The van der Waals surface area contributed by atoms with Gasteiger partial charge in [0, 0.05) is 44.1 Å². The van der Waals surface area contributed by atoms with Crippen molar-refractivity contribution < 1.29 is 9.18 Å². The van der Waals surface area contributed by atoms with Crippen LogP contribution in [-0.2, 0) is 0 Å². The van der Waals surface area contributed by atoms with Crippen LogP contribution in [0.4, 0.5) is 10.2 Å². The van der Waals surface area contributed by atoms with Crippen molar-refractivity contribution in [1.29, 1.82) is 5.26 Å². The lowest BCUT2D eigenvalue weighted by molar-refractivity contribution is 0.0767. The predicted molar refractivity (Wildman–Crippen MR) is 135 cm³/mol. The molecule has 1 aliphatic rings. The maximum atomic E-state index is 13.8. The van der Waals surface area contributed by atoms with Gasteiger partial charge in [-0.05, 0) is 55.8 Å². The Bertz CT molecular complexity index is 1440. The van der Waals surface area contributed by atoms with Gasteiger partial charge in [0.1, 0.15) is 23.4 Å². The number of nitriles is 1. The van der Waals surface area contributed by atoms with Crippen LogP contribution < -0.4 is 4.90 Å². The molecule has 0 saturated carbocycles. The van der Waals surface area contributed by atoms with Gasteiger partial charge in [0.25, 0.3) is 5.91 Å². The molecular weight excluding hydrogens is 455 g/mol. The van der Waals surface area contributed by atoms with Gasteiger partial charge in [-0.3, -0.25) is 4.79 Å². The zero-order valence-corrected chi connectivity index (χ0v) is 19.9. The predicted octanol–water partition coefficient (Wildman–Crippen LogP) is 4.61. The summed E-state index contributed by atoms with van der Waals surface area (Å²) >= 11 is 0. The van der Waals surface area contributed by atoms with Crippen molar-refractivity contribution in [2.45, 2.75) is 13.3 Å². The molecule has 0 aliphatic carbocycles. The number of amides is 1. The summed E-state index contributed by atoms with van der Waals surface area (Å²) in [6.45, 7) is 4.35. The zero-order chi connectivity index (χ0) is 25.1. The van der Waals surface area contributed by atoms with Crippen LogP contribution in [0.2, 0.25) is 0 Å². The Morgan fingerprint density at radius 2 is 1.86 bits per heavy atom. The molecule has 36 heavy (non-hydrogen) atoms. The Kier molecular flexibility index (Phi) is 6.46. The van der Waals surface area contributed by atoms with Gasteiger partial charge >= 0.3 is 0 Å². The third-order valence-corrected chi connectivity index (χ3v) is 6.32. The van der Waals surface area contributed by atoms with Crippen LogP contribution in [-0.4, -0.2) is 51.8 Å². The smallest absolute Gasteiger partial charge is 0.257 e. The minimum atomic E-state index is -0.331. The first-order valence-corrected chi connectivity index (χ1v) is 11.9. The fourth-order valence-electron chi connectivity index (χ4n) is 4.50. The number of hydrogen-bond acceptors (Lipinski definition) is 5. The minimum absolute atomic E-state index is 0.108. The number of benzene rings is 2. The lowest BCUT2D eigenvalue weighted by Gasteiger charge is -2.23. The number of pyridine rings is 1. The number of nitrogens with zero attached hydrogens (tertiary/aromatic N) is 6. The highest BCUT2D eigenvalue weighted by molar-refractivity contribution is 6.00. The molecule has 1 saturated heterocycles. The molecule has 7 nitrogen and oxygen atoms in total. The zero-order valence-electron chi connectivity index (χ0n) is 19.9. The molecule has 0 unspecified atom stereocenters. The third kappa shape index (κ3) is 4.68. The Morgan fingerprint density at radius 1 is 1.03 bits per heavy atom. The van der Waals surface area contributed by atoms with Crippen LogP contribution in [0.1, 0.15) is 27.9 Å². The average Bonchev–Trinajstić information content (AvgIpc) is 3.20. The van der Waals surface area contributed by atoms with Crippen LogP contribution >= 0.6 is 0 Å². The van der Waals surface area contributed by atoms with Crippen LogP contribution in [0.5, 0.6) is 0 Å². The first-order valence-electron chi connectivity index (χ1n) is 11.9. The molecule has 0 atom stereocenters. The largest absolute Gasteiger partial charge is 0.354 e. The molecule has 0 N–H and O–H groups in total. The number of carbonyl (C=O) groups excluding carboxylic acids is 1. The molecule has 8 heteroatoms. The molecule has 0 radical (unpaired) electrons. The lowest BCUT2D eigenvalue weighted by Crippen LogP contribution is -2.35. The molecule has 3 heterocycles. The van der Waals surface area contributed by atoms with Gasteiger partial charge in [-0.1, -0.05) is 23.8 Å². The van der Waals surface area contributed by atoms with E-state index >= 15 is 0 Å².